The first-order valence-electron chi connectivity index (χ1n) is 6.30. The second-order valence-electron chi connectivity index (χ2n) is 4.44. The van der Waals surface area contributed by atoms with Crippen LogP contribution in [0.2, 0.25) is 0 Å². The highest BCUT2D eigenvalue weighted by Crippen LogP contribution is 2.13. The average Bonchev–Trinajstić information content (AvgIpc) is 2.46. The van der Waals surface area contributed by atoms with Crippen LogP contribution in [0, 0.1) is 6.92 Å². The predicted molar refractivity (Wildman–Crippen MR) is 80.0 cm³/mol. The van der Waals surface area contributed by atoms with Crippen molar-refractivity contribution in [3.05, 3.63) is 65.5 Å². The molecular formula is C16H14N2O3. The van der Waals surface area contributed by atoms with E-state index in [2.05, 4.69) is 10.3 Å². The maximum absolute atomic E-state index is 12.0. The highest BCUT2D eigenvalue weighted by molar-refractivity contribution is 6.04. The standard InChI is InChI=1S/C16H14N2O3/c1-11-5-7-13(10-17-11)16(21)18-14-4-2-3-12(9-14)6-8-15(19)20/h2-10H,1H3,(H,18,21)(H,19,20)/b8-6+. The van der Waals surface area contributed by atoms with Crippen molar-refractivity contribution in [1.29, 1.82) is 0 Å². The smallest absolute Gasteiger partial charge is 0.328 e. The Morgan fingerprint density at radius 1 is 1.24 bits per heavy atom. The summed E-state index contributed by atoms with van der Waals surface area (Å²) in [6.45, 7) is 1.85. The van der Waals surface area contributed by atoms with Gasteiger partial charge in [0.2, 0.25) is 0 Å². The van der Waals surface area contributed by atoms with Crippen LogP contribution in [-0.4, -0.2) is 22.0 Å². The number of aliphatic carboxylic acids is 1. The Balaban J connectivity index is 2.12. The van der Waals surface area contributed by atoms with Gasteiger partial charge in [-0.05, 0) is 42.8 Å². The van der Waals surface area contributed by atoms with E-state index in [1.54, 1.807) is 36.4 Å². The molecule has 0 radical (unpaired) electrons. The van der Waals surface area contributed by atoms with Crippen molar-refractivity contribution >= 4 is 23.6 Å². The first-order chi connectivity index (χ1) is 10.0. The molecular weight excluding hydrogens is 268 g/mol. The molecule has 5 heteroatoms. The summed E-state index contributed by atoms with van der Waals surface area (Å²) in [6, 6.07) is 10.4. The van der Waals surface area contributed by atoms with Gasteiger partial charge in [0.1, 0.15) is 0 Å². The highest BCUT2D eigenvalue weighted by Gasteiger charge is 2.06. The fraction of sp³-hybridized carbons (Fsp3) is 0.0625. The van der Waals surface area contributed by atoms with Crippen LogP contribution in [-0.2, 0) is 4.79 Å². The molecule has 0 aliphatic heterocycles. The van der Waals surface area contributed by atoms with Crippen LogP contribution in [0.1, 0.15) is 21.6 Å². The lowest BCUT2D eigenvalue weighted by molar-refractivity contribution is -0.131. The second-order valence-corrected chi connectivity index (χ2v) is 4.44. The lowest BCUT2D eigenvalue weighted by Gasteiger charge is -2.06. The normalized spacial score (nSPS) is 10.5. The summed E-state index contributed by atoms with van der Waals surface area (Å²) in [5.74, 6) is -1.28. The van der Waals surface area contributed by atoms with Gasteiger partial charge in [0.05, 0.1) is 5.56 Å². The van der Waals surface area contributed by atoms with E-state index in [4.69, 9.17) is 5.11 Å². The number of carbonyl (C=O) groups is 2. The first-order valence-corrected chi connectivity index (χ1v) is 6.30. The summed E-state index contributed by atoms with van der Waals surface area (Å²) >= 11 is 0. The minimum Gasteiger partial charge on any atom is -0.478 e. The van der Waals surface area contributed by atoms with E-state index in [9.17, 15) is 9.59 Å². The van der Waals surface area contributed by atoms with Crippen LogP contribution in [0.3, 0.4) is 0 Å². The topological polar surface area (TPSA) is 79.3 Å². The highest BCUT2D eigenvalue weighted by atomic mass is 16.4. The van der Waals surface area contributed by atoms with Gasteiger partial charge in [-0.15, -0.1) is 0 Å². The largest absolute Gasteiger partial charge is 0.478 e. The summed E-state index contributed by atoms with van der Waals surface area (Å²) in [4.78, 5) is 26.6. The SMILES string of the molecule is Cc1ccc(C(=O)Nc2cccc(/C=C/C(=O)O)c2)cn1. The molecule has 0 atom stereocenters. The van der Waals surface area contributed by atoms with Gasteiger partial charge in [0.15, 0.2) is 0 Å². The number of nitrogens with zero attached hydrogens (tertiary/aromatic N) is 1. The molecule has 0 saturated heterocycles. The third-order valence-electron chi connectivity index (χ3n) is 2.74. The van der Waals surface area contributed by atoms with Crippen LogP contribution in [0.25, 0.3) is 6.08 Å². The first kappa shape index (κ1) is 14.5. The van der Waals surface area contributed by atoms with Crippen molar-refractivity contribution in [2.75, 3.05) is 5.32 Å². The number of carbonyl (C=O) groups excluding carboxylic acids is 1. The molecule has 0 saturated carbocycles. The maximum Gasteiger partial charge on any atom is 0.328 e. The summed E-state index contributed by atoms with van der Waals surface area (Å²) < 4.78 is 0. The van der Waals surface area contributed by atoms with Gasteiger partial charge < -0.3 is 10.4 Å². The van der Waals surface area contributed by atoms with Crippen LogP contribution >= 0.6 is 0 Å². The summed E-state index contributed by atoms with van der Waals surface area (Å²) in [5, 5.41) is 11.3. The molecule has 0 aliphatic rings. The van der Waals surface area contributed by atoms with Gasteiger partial charge in [0, 0.05) is 23.7 Å². The molecule has 1 heterocycles. The molecule has 106 valence electrons. The summed E-state index contributed by atoms with van der Waals surface area (Å²) in [6.07, 6.45) is 4.02. The monoisotopic (exact) mass is 282 g/mol. The number of carboxylic acid groups (broad SMARTS) is 1. The van der Waals surface area contributed by atoms with Crippen molar-refractivity contribution in [1.82, 2.24) is 4.98 Å². The molecule has 2 rings (SSSR count). The molecule has 1 aromatic carbocycles. The number of hydrogen-bond acceptors (Lipinski definition) is 3. The zero-order chi connectivity index (χ0) is 15.2. The Morgan fingerprint density at radius 3 is 2.71 bits per heavy atom. The number of nitrogens with one attached hydrogen (secondary N) is 1. The predicted octanol–water partition coefficient (Wildman–Crippen LogP) is 2.74. The number of benzene rings is 1. The lowest BCUT2D eigenvalue weighted by Crippen LogP contribution is -2.12. The maximum atomic E-state index is 12.0. The molecule has 1 amide bonds. The molecule has 0 bridgehead atoms. The Labute approximate surface area is 122 Å². The van der Waals surface area contributed by atoms with E-state index < -0.39 is 5.97 Å². The van der Waals surface area contributed by atoms with E-state index >= 15 is 0 Å². The van der Waals surface area contributed by atoms with Crippen molar-refractivity contribution in [2.45, 2.75) is 6.92 Å². The number of aromatic nitrogens is 1. The minimum absolute atomic E-state index is 0.262. The zero-order valence-corrected chi connectivity index (χ0v) is 11.4. The van der Waals surface area contributed by atoms with Gasteiger partial charge in [-0.1, -0.05) is 12.1 Å². The number of amides is 1. The molecule has 0 aliphatic carbocycles. The van der Waals surface area contributed by atoms with Gasteiger partial charge in [-0.2, -0.15) is 0 Å². The van der Waals surface area contributed by atoms with E-state index in [-0.39, 0.29) is 5.91 Å². The number of carboxylic acids is 1. The number of rotatable bonds is 4. The van der Waals surface area contributed by atoms with E-state index in [0.29, 0.717) is 16.8 Å². The minimum atomic E-state index is -1.02. The zero-order valence-electron chi connectivity index (χ0n) is 11.4. The van der Waals surface area contributed by atoms with Gasteiger partial charge >= 0.3 is 5.97 Å². The van der Waals surface area contributed by atoms with Crippen LogP contribution in [0.4, 0.5) is 5.69 Å². The Hall–Kier alpha value is -2.95. The Bertz CT molecular complexity index is 691. The van der Waals surface area contributed by atoms with E-state index in [1.807, 2.05) is 6.92 Å². The molecule has 2 aromatic rings. The van der Waals surface area contributed by atoms with Gasteiger partial charge in [0.25, 0.3) is 5.91 Å². The van der Waals surface area contributed by atoms with E-state index in [1.165, 1.54) is 12.3 Å². The van der Waals surface area contributed by atoms with Gasteiger partial charge in [-0.25, -0.2) is 4.79 Å². The number of aryl methyl sites for hydroxylation is 1. The van der Waals surface area contributed by atoms with Crippen molar-refractivity contribution in [3.8, 4) is 0 Å². The van der Waals surface area contributed by atoms with E-state index in [0.717, 1.165) is 11.8 Å². The quantitative estimate of drug-likeness (QED) is 0.845. The average molecular weight is 282 g/mol. The van der Waals surface area contributed by atoms with Crippen LogP contribution < -0.4 is 5.32 Å². The Kier molecular flexibility index (Phi) is 4.46. The van der Waals surface area contributed by atoms with Crippen molar-refractivity contribution < 1.29 is 14.7 Å². The number of pyridine rings is 1. The summed E-state index contributed by atoms with van der Waals surface area (Å²) in [5.41, 5.74) is 2.59. The lowest BCUT2D eigenvalue weighted by atomic mass is 10.1. The third-order valence-corrected chi connectivity index (χ3v) is 2.74. The fourth-order valence-corrected chi connectivity index (χ4v) is 1.69. The molecule has 2 N–H and O–H groups in total. The second kappa shape index (κ2) is 6.47. The molecule has 1 aromatic heterocycles. The summed E-state index contributed by atoms with van der Waals surface area (Å²) in [7, 11) is 0. The molecule has 5 nitrogen and oxygen atoms in total. The molecule has 21 heavy (non-hydrogen) atoms. The van der Waals surface area contributed by atoms with Crippen molar-refractivity contribution in [2.24, 2.45) is 0 Å². The van der Waals surface area contributed by atoms with Gasteiger partial charge in [-0.3, -0.25) is 9.78 Å². The molecule has 0 unspecified atom stereocenters. The number of anilines is 1. The van der Waals surface area contributed by atoms with Crippen molar-refractivity contribution in [3.63, 3.8) is 0 Å². The fourth-order valence-electron chi connectivity index (χ4n) is 1.69. The molecule has 0 fully saturated rings. The van der Waals surface area contributed by atoms with Crippen LogP contribution in [0.15, 0.2) is 48.7 Å². The van der Waals surface area contributed by atoms with Crippen LogP contribution in [0.5, 0.6) is 0 Å². The number of hydrogen-bond donors (Lipinski definition) is 2. The third kappa shape index (κ3) is 4.28. The molecule has 0 spiro atoms. The Morgan fingerprint density at radius 2 is 2.05 bits per heavy atom.